The van der Waals surface area contributed by atoms with Gasteiger partial charge in [0, 0.05) is 18.3 Å². The van der Waals surface area contributed by atoms with E-state index in [9.17, 15) is 0 Å². The van der Waals surface area contributed by atoms with Gasteiger partial charge < -0.3 is 9.80 Å². The van der Waals surface area contributed by atoms with Gasteiger partial charge in [-0.25, -0.2) is 0 Å². The molecule has 0 unspecified atom stereocenters. The molecule has 74 valence electrons. The van der Waals surface area contributed by atoms with Crippen molar-refractivity contribution in [2.45, 2.75) is 31.7 Å². The molecule has 2 heteroatoms. The molecule has 0 spiro atoms. The molecule has 0 bridgehead atoms. The minimum atomic E-state index is 0.797. The SMILES string of the molecule is C=C1CCCN1C1CCN(C)CC1. The largest absolute Gasteiger partial charge is 0.372 e. The van der Waals surface area contributed by atoms with Crippen LogP contribution in [-0.4, -0.2) is 42.5 Å². The topological polar surface area (TPSA) is 6.48 Å². The standard InChI is InChI=1S/C11H20N2/c1-10-4-3-7-13(10)11-5-8-12(2)9-6-11/h11H,1,3-9H2,2H3. The van der Waals surface area contributed by atoms with Crippen molar-refractivity contribution in [3.05, 3.63) is 12.3 Å². The third-order valence-electron chi connectivity index (χ3n) is 3.40. The molecule has 13 heavy (non-hydrogen) atoms. The molecule has 0 aromatic carbocycles. The second kappa shape index (κ2) is 3.70. The summed E-state index contributed by atoms with van der Waals surface area (Å²) in [4.78, 5) is 4.97. The smallest absolute Gasteiger partial charge is 0.0311 e. The summed E-state index contributed by atoms with van der Waals surface area (Å²) in [5.74, 6) is 0. The van der Waals surface area contributed by atoms with E-state index >= 15 is 0 Å². The van der Waals surface area contributed by atoms with Gasteiger partial charge in [-0.1, -0.05) is 6.58 Å². The number of hydrogen-bond donors (Lipinski definition) is 0. The van der Waals surface area contributed by atoms with Crippen LogP contribution in [-0.2, 0) is 0 Å². The zero-order valence-corrected chi connectivity index (χ0v) is 8.63. The molecule has 2 aliphatic heterocycles. The summed E-state index contributed by atoms with van der Waals surface area (Å²) < 4.78 is 0. The van der Waals surface area contributed by atoms with Crippen LogP contribution in [0.5, 0.6) is 0 Å². The molecule has 0 aromatic heterocycles. The third-order valence-corrected chi connectivity index (χ3v) is 3.40. The molecule has 2 nitrogen and oxygen atoms in total. The van der Waals surface area contributed by atoms with Crippen molar-refractivity contribution in [2.75, 3.05) is 26.7 Å². The molecule has 0 aliphatic carbocycles. The van der Waals surface area contributed by atoms with Crippen LogP contribution in [0, 0.1) is 0 Å². The quantitative estimate of drug-likeness (QED) is 0.606. The summed E-state index contributed by atoms with van der Waals surface area (Å²) in [6, 6.07) is 0.797. The molecule has 2 heterocycles. The lowest BCUT2D eigenvalue weighted by molar-refractivity contribution is 0.164. The fraction of sp³-hybridized carbons (Fsp3) is 0.818. The zero-order chi connectivity index (χ0) is 9.26. The molecule has 0 amide bonds. The van der Waals surface area contributed by atoms with Crippen molar-refractivity contribution in [3.63, 3.8) is 0 Å². The van der Waals surface area contributed by atoms with Crippen molar-refractivity contribution in [2.24, 2.45) is 0 Å². The van der Waals surface area contributed by atoms with Gasteiger partial charge in [0.15, 0.2) is 0 Å². The fourth-order valence-corrected chi connectivity index (χ4v) is 2.50. The van der Waals surface area contributed by atoms with E-state index in [0.29, 0.717) is 0 Å². The molecule has 0 saturated carbocycles. The molecule has 0 aromatic rings. The van der Waals surface area contributed by atoms with Gasteiger partial charge in [0.25, 0.3) is 0 Å². The minimum Gasteiger partial charge on any atom is -0.372 e. The molecule has 0 radical (unpaired) electrons. The van der Waals surface area contributed by atoms with Crippen molar-refractivity contribution in [3.8, 4) is 0 Å². The van der Waals surface area contributed by atoms with E-state index in [-0.39, 0.29) is 0 Å². The summed E-state index contributed by atoms with van der Waals surface area (Å²) >= 11 is 0. The molecule has 2 saturated heterocycles. The van der Waals surface area contributed by atoms with Crippen molar-refractivity contribution >= 4 is 0 Å². The van der Waals surface area contributed by atoms with Crippen molar-refractivity contribution in [1.29, 1.82) is 0 Å². The van der Waals surface area contributed by atoms with E-state index in [0.717, 1.165) is 6.04 Å². The lowest BCUT2D eigenvalue weighted by Crippen LogP contribution is -2.41. The van der Waals surface area contributed by atoms with Crippen LogP contribution in [0.4, 0.5) is 0 Å². The van der Waals surface area contributed by atoms with Gasteiger partial charge in [0.1, 0.15) is 0 Å². The number of piperidine rings is 1. The Bertz CT molecular complexity index is 192. The Kier molecular flexibility index (Phi) is 2.58. The Hall–Kier alpha value is -0.500. The van der Waals surface area contributed by atoms with Gasteiger partial charge in [0.2, 0.25) is 0 Å². The van der Waals surface area contributed by atoms with Crippen LogP contribution in [0.1, 0.15) is 25.7 Å². The molecular formula is C11H20N2. The number of hydrogen-bond acceptors (Lipinski definition) is 2. The van der Waals surface area contributed by atoms with Gasteiger partial charge in [-0.3, -0.25) is 0 Å². The second-order valence-corrected chi connectivity index (χ2v) is 4.40. The Morgan fingerprint density at radius 1 is 1.23 bits per heavy atom. The average molecular weight is 180 g/mol. The highest BCUT2D eigenvalue weighted by molar-refractivity contribution is 5.02. The Morgan fingerprint density at radius 2 is 1.92 bits per heavy atom. The van der Waals surface area contributed by atoms with Crippen LogP contribution in [0.3, 0.4) is 0 Å². The highest BCUT2D eigenvalue weighted by Gasteiger charge is 2.26. The second-order valence-electron chi connectivity index (χ2n) is 4.40. The maximum atomic E-state index is 4.14. The highest BCUT2D eigenvalue weighted by atomic mass is 15.2. The molecular weight excluding hydrogens is 160 g/mol. The first kappa shape index (κ1) is 9.07. The van der Waals surface area contributed by atoms with Gasteiger partial charge >= 0.3 is 0 Å². The first-order valence-electron chi connectivity index (χ1n) is 5.40. The van der Waals surface area contributed by atoms with Crippen molar-refractivity contribution in [1.82, 2.24) is 9.80 Å². The number of allylic oxidation sites excluding steroid dienone is 1. The highest BCUT2D eigenvalue weighted by Crippen LogP contribution is 2.26. The van der Waals surface area contributed by atoms with E-state index < -0.39 is 0 Å². The van der Waals surface area contributed by atoms with E-state index in [1.54, 1.807) is 0 Å². The number of rotatable bonds is 1. The first-order chi connectivity index (χ1) is 6.27. The van der Waals surface area contributed by atoms with Gasteiger partial charge in [-0.05, 0) is 45.8 Å². The summed E-state index contributed by atoms with van der Waals surface area (Å²) in [6.45, 7) is 7.92. The lowest BCUT2D eigenvalue weighted by atomic mass is 10.0. The number of nitrogens with zero attached hydrogens (tertiary/aromatic N) is 2. The zero-order valence-electron chi connectivity index (χ0n) is 8.63. The summed E-state index contributed by atoms with van der Waals surface area (Å²) in [7, 11) is 2.22. The summed E-state index contributed by atoms with van der Waals surface area (Å²) in [5, 5.41) is 0. The predicted molar refractivity (Wildman–Crippen MR) is 55.6 cm³/mol. The maximum Gasteiger partial charge on any atom is 0.0311 e. The normalized spacial score (nSPS) is 27.2. The van der Waals surface area contributed by atoms with Crippen LogP contribution >= 0.6 is 0 Å². The van der Waals surface area contributed by atoms with Crippen LogP contribution < -0.4 is 0 Å². The van der Waals surface area contributed by atoms with Gasteiger partial charge in [-0.15, -0.1) is 0 Å². The predicted octanol–water partition coefficient (Wildman–Crippen LogP) is 1.69. The summed E-state index contributed by atoms with van der Waals surface area (Å²) in [5.41, 5.74) is 1.38. The maximum absolute atomic E-state index is 4.14. The first-order valence-corrected chi connectivity index (χ1v) is 5.40. The number of likely N-dealkylation sites (tertiary alicyclic amines) is 2. The molecule has 2 aliphatic rings. The van der Waals surface area contributed by atoms with Gasteiger partial charge in [-0.2, -0.15) is 0 Å². The van der Waals surface area contributed by atoms with Crippen molar-refractivity contribution < 1.29 is 0 Å². The fourth-order valence-electron chi connectivity index (χ4n) is 2.50. The molecule has 2 fully saturated rings. The van der Waals surface area contributed by atoms with E-state index in [2.05, 4.69) is 23.4 Å². The average Bonchev–Trinajstić information content (AvgIpc) is 2.53. The minimum absolute atomic E-state index is 0.797. The lowest BCUT2D eigenvalue weighted by Gasteiger charge is -2.36. The van der Waals surface area contributed by atoms with E-state index in [1.807, 2.05) is 0 Å². The summed E-state index contributed by atoms with van der Waals surface area (Å²) in [6.07, 6.45) is 5.21. The van der Waals surface area contributed by atoms with Crippen LogP contribution in [0.25, 0.3) is 0 Å². The molecule has 2 rings (SSSR count). The van der Waals surface area contributed by atoms with Crippen LogP contribution in [0.15, 0.2) is 12.3 Å². The third kappa shape index (κ3) is 1.88. The molecule has 0 N–H and O–H groups in total. The van der Waals surface area contributed by atoms with Gasteiger partial charge in [0.05, 0.1) is 0 Å². The Labute approximate surface area is 81.2 Å². The Balaban J connectivity index is 1.90. The Morgan fingerprint density at radius 3 is 2.46 bits per heavy atom. The van der Waals surface area contributed by atoms with Crippen LogP contribution in [0.2, 0.25) is 0 Å². The van der Waals surface area contributed by atoms with E-state index in [4.69, 9.17) is 0 Å². The monoisotopic (exact) mass is 180 g/mol. The molecule has 0 atom stereocenters. The van der Waals surface area contributed by atoms with E-state index in [1.165, 1.54) is 51.0 Å².